The second-order valence-electron chi connectivity index (χ2n) is 6.71. The van der Waals surface area contributed by atoms with E-state index < -0.39 is 0 Å². The Morgan fingerprint density at radius 2 is 1.95 bits per heavy atom. The molecule has 2 fully saturated rings. The van der Waals surface area contributed by atoms with E-state index in [0.717, 1.165) is 36.9 Å². The molecule has 0 radical (unpaired) electrons. The summed E-state index contributed by atoms with van der Waals surface area (Å²) in [5, 5.41) is 4.53. The zero-order chi connectivity index (χ0) is 14.4. The smallest absolute Gasteiger partial charge is 0.230 e. The first-order valence-corrected chi connectivity index (χ1v) is 8.09. The van der Waals surface area contributed by atoms with Gasteiger partial charge in [-0.05, 0) is 44.2 Å². The molecule has 0 unspecified atom stereocenters. The highest BCUT2D eigenvalue weighted by Gasteiger charge is 2.53. The highest BCUT2D eigenvalue weighted by Crippen LogP contribution is 2.52. The number of carbonyl (C=O) groups excluding carboxylic acids is 1. The fraction of sp³-hybridized carbons (Fsp3) is 0.500. The van der Waals surface area contributed by atoms with Crippen molar-refractivity contribution in [2.75, 3.05) is 0 Å². The molecule has 1 aromatic carbocycles. The summed E-state index contributed by atoms with van der Waals surface area (Å²) >= 11 is 0. The van der Waals surface area contributed by atoms with Crippen molar-refractivity contribution in [3.63, 3.8) is 0 Å². The van der Waals surface area contributed by atoms with Crippen LogP contribution in [0.15, 0.2) is 24.3 Å². The van der Waals surface area contributed by atoms with Crippen LogP contribution in [0.1, 0.15) is 49.8 Å². The maximum atomic E-state index is 12.9. The number of nitrogens with one attached hydrogen (secondary N) is 2. The van der Waals surface area contributed by atoms with E-state index in [4.69, 9.17) is 0 Å². The van der Waals surface area contributed by atoms with Crippen LogP contribution in [0, 0.1) is 6.92 Å². The molecule has 2 saturated carbocycles. The second-order valence-corrected chi connectivity index (χ2v) is 6.71. The molecule has 4 rings (SSSR count). The summed E-state index contributed by atoms with van der Waals surface area (Å²) in [5.41, 5.74) is 3.25. The average Bonchev–Trinajstić information content (AvgIpc) is 2.96. The molecule has 0 saturated heterocycles. The lowest BCUT2D eigenvalue weighted by atomic mass is 9.91. The van der Waals surface area contributed by atoms with Gasteiger partial charge >= 0.3 is 0 Å². The van der Waals surface area contributed by atoms with E-state index in [1.54, 1.807) is 0 Å². The number of carbonyl (C=O) groups is 1. The molecule has 0 atom stereocenters. The lowest BCUT2D eigenvalue weighted by Crippen LogP contribution is -2.40. The van der Waals surface area contributed by atoms with Gasteiger partial charge in [0.15, 0.2) is 0 Å². The molecular formula is C18H22N2O. The summed E-state index contributed by atoms with van der Waals surface area (Å²) in [5.74, 6) is 0.252. The number of aromatic amines is 1. The molecule has 21 heavy (non-hydrogen) atoms. The Morgan fingerprint density at radius 1 is 1.24 bits per heavy atom. The van der Waals surface area contributed by atoms with Crippen molar-refractivity contribution in [1.82, 2.24) is 10.3 Å². The van der Waals surface area contributed by atoms with Crippen LogP contribution < -0.4 is 5.32 Å². The lowest BCUT2D eigenvalue weighted by molar-refractivity contribution is -0.124. The monoisotopic (exact) mass is 282 g/mol. The van der Waals surface area contributed by atoms with Gasteiger partial charge in [0.25, 0.3) is 0 Å². The number of hydrogen-bond acceptors (Lipinski definition) is 1. The molecule has 1 aromatic heterocycles. The molecule has 3 heteroatoms. The molecule has 2 aromatic rings. The molecule has 0 bridgehead atoms. The van der Waals surface area contributed by atoms with E-state index >= 15 is 0 Å². The van der Waals surface area contributed by atoms with Crippen LogP contribution in [0.3, 0.4) is 0 Å². The van der Waals surface area contributed by atoms with Gasteiger partial charge in [0, 0.05) is 22.6 Å². The van der Waals surface area contributed by atoms with Crippen molar-refractivity contribution in [2.24, 2.45) is 0 Å². The zero-order valence-electron chi connectivity index (χ0n) is 12.5. The topological polar surface area (TPSA) is 44.9 Å². The minimum absolute atomic E-state index is 0.252. The maximum Gasteiger partial charge on any atom is 0.230 e. The van der Waals surface area contributed by atoms with Crippen molar-refractivity contribution in [3.8, 4) is 0 Å². The minimum atomic E-state index is -0.272. The van der Waals surface area contributed by atoms with Gasteiger partial charge < -0.3 is 10.3 Å². The Bertz CT molecular complexity index is 690. The molecule has 0 aliphatic heterocycles. The largest absolute Gasteiger partial charge is 0.358 e. The zero-order valence-corrected chi connectivity index (χ0v) is 12.5. The minimum Gasteiger partial charge on any atom is -0.358 e. The number of H-pyrrole nitrogens is 1. The van der Waals surface area contributed by atoms with Crippen molar-refractivity contribution < 1.29 is 4.79 Å². The van der Waals surface area contributed by atoms with E-state index in [9.17, 15) is 4.79 Å². The Balaban J connectivity index is 1.70. The Hall–Kier alpha value is -1.77. The molecule has 1 heterocycles. The Morgan fingerprint density at radius 3 is 2.67 bits per heavy atom. The highest BCUT2D eigenvalue weighted by atomic mass is 16.2. The summed E-state index contributed by atoms with van der Waals surface area (Å²) in [6, 6.07) is 8.73. The number of benzene rings is 1. The van der Waals surface area contributed by atoms with Crippen LogP contribution in [0.5, 0.6) is 0 Å². The maximum absolute atomic E-state index is 12.9. The van der Waals surface area contributed by atoms with E-state index in [-0.39, 0.29) is 11.3 Å². The quantitative estimate of drug-likeness (QED) is 0.888. The third-order valence-corrected chi connectivity index (χ3v) is 5.25. The second kappa shape index (κ2) is 4.62. The van der Waals surface area contributed by atoms with E-state index in [2.05, 4.69) is 35.4 Å². The highest BCUT2D eigenvalue weighted by molar-refractivity contribution is 5.98. The van der Waals surface area contributed by atoms with Gasteiger partial charge in [-0.1, -0.05) is 31.0 Å². The number of aryl methyl sites for hydroxylation is 1. The van der Waals surface area contributed by atoms with Gasteiger partial charge in [-0.15, -0.1) is 0 Å². The average molecular weight is 282 g/mol. The predicted molar refractivity (Wildman–Crippen MR) is 84.3 cm³/mol. The Labute approximate surface area is 125 Å². The normalized spacial score (nSPS) is 20.8. The fourth-order valence-electron chi connectivity index (χ4n) is 4.00. The molecule has 2 aliphatic carbocycles. The van der Waals surface area contributed by atoms with Gasteiger partial charge in [0.05, 0.1) is 5.41 Å². The summed E-state index contributed by atoms with van der Waals surface area (Å²) in [4.78, 5) is 16.3. The summed E-state index contributed by atoms with van der Waals surface area (Å²) < 4.78 is 0. The Kier molecular flexibility index (Phi) is 2.84. The lowest BCUT2D eigenvalue weighted by Gasteiger charge is -2.19. The summed E-state index contributed by atoms with van der Waals surface area (Å²) in [6.07, 6.45) is 6.76. The third kappa shape index (κ3) is 1.98. The fourth-order valence-corrected chi connectivity index (χ4v) is 4.00. The van der Waals surface area contributed by atoms with Crippen LogP contribution in [-0.4, -0.2) is 16.9 Å². The van der Waals surface area contributed by atoms with Gasteiger partial charge in [0.1, 0.15) is 0 Å². The third-order valence-electron chi connectivity index (χ3n) is 5.25. The standard InChI is InChI=1S/C18H22N2O/c1-12-16(14-8-4-5-9-15(14)19-12)18(10-11-18)17(21)20-13-6-2-3-7-13/h4-5,8-9,13,19H,2-3,6-7,10-11H2,1H3,(H,20,21). The molecule has 2 N–H and O–H groups in total. The van der Waals surface area contributed by atoms with Crippen molar-refractivity contribution in [3.05, 3.63) is 35.5 Å². The van der Waals surface area contributed by atoms with Crippen LogP contribution in [0.4, 0.5) is 0 Å². The molecule has 110 valence electrons. The van der Waals surface area contributed by atoms with Gasteiger partial charge in [0.2, 0.25) is 5.91 Å². The van der Waals surface area contributed by atoms with Gasteiger partial charge in [-0.3, -0.25) is 4.79 Å². The number of aromatic nitrogens is 1. The van der Waals surface area contributed by atoms with E-state index in [0.29, 0.717) is 6.04 Å². The first-order chi connectivity index (χ1) is 10.2. The summed E-state index contributed by atoms with van der Waals surface area (Å²) in [6.45, 7) is 2.10. The SMILES string of the molecule is Cc1[nH]c2ccccc2c1C1(C(=O)NC2CCCC2)CC1. The first kappa shape index (κ1) is 12.9. The van der Waals surface area contributed by atoms with Crippen LogP contribution >= 0.6 is 0 Å². The number of rotatable bonds is 3. The van der Waals surface area contributed by atoms with Crippen molar-refractivity contribution >= 4 is 16.8 Å². The van der Waals surface area contributed by atoms with Crippen LogP contribution in [0.25, 0.3) is 10.9 Å². The van der Waals surface area contributed by atoms with Crippen molar-refractivity contribution in [2.45, 2.75) is 56.9 Å². The number of amides is 1. The number of fused-ring (bicyclic) bond motifs is 1. The van der Waals surface area contributed by atoms with Crippen LogP contribution in [0.2, 0.25) is 0 Å². The van der Waals surface area contributed by atoms with E-state index in [1.807, 2.05) is 6.07 Å². The molecular weight excluding hydrogens is 260 g/mol. The number of hydrogen-bond donors (Lipinski definition) is 2. The van der Waals surface area contributed by atoms with Gasteiger partial charge in [-0.25, -0.2) is 0 Å². The number of para-hydroxylation sites is 1. The molecule has 0 spiro atoms. The molecule has 2 aliphatic rings. The predicted octanol–water partition coefficient (Wildman–Crippen LogP) is 3.57. The van der Waals surface area contributed by atoms with E-state index in [1.165, 1.54) is 23.8 Å². The summed E-state index contributed by atoms with van der Waals surface area (Å²) in [7, 11) is 0. The van der Waals surface area contributed by atoms with Crippen molar-refractivity contribution in [1.29, 1.82) is 0 Å². The van der Waals surface area contributed by atoms with Gasteiger partial charge in [-0.2, -0.15) is 0 Å². The molecule has 1 amide bonds. The first-order valence-electron chi connectivity index (χ1n) is 8.09. The molecule has 3 nitrogen and oxygen atoms in total. The van der Waals surface area contributed by atoms with Crippen LogP contribution in [-0.2, 0) is 10.2 Å².